The van der Waals surface area contributed by atoms with Gasteiger partial charge in [-0.1, -0.05) is 42.5 Å². The third-order valence-electron chi connectivity index (χ3n) is 2.96. The highest BCUT2D eigenvalue weighted by Crippen LogP contribution is 2.22. The van der Waals surface area contributed by atoms with Gasteiger partial charge in [0, 0.05) is 6.61 Å². The van der Waals surface area contributed by atoms with Crippen molar-refractivity contribution < 1.29 is 14.6 Å². The number of carbonyl (C=O) groups is 1. The summed E-state index contributed by atoms with van der Waals surface area (Å²) in [5, 5.41) is 9.09. The molecular weight excluding hydrogens is 216 g/mol. The Hall–Kier alpha value is -1.61. The van der Waals surface area contributed by atoms with Gasteiger partial charge >= 0.3 is 5.97 Å². The maximum Gasteiger partial charge on any atom is 0.309 e. The van der Waals surface area contributed by atoms with Crippen molar-refractivity contribution in [3.05, 3.63) is 42.0 Å². The van der Waals surface area contributed by atoms with Crippen molar-refractivity contribution in [3.8, 4) is 0 Å². The summed E-state index contributed by atoms with van der Waals surface area (Å²) in [5.41, 5.74) is 1.06. The highest BCUT2D eigenvalue weighted by molar-refractivity contribution is 5.71. The third-order valence-corrected chi connectivity index (χ3v) is 2.96. The van der Waals surface area contributed by atoms with Crippen LogP contribution in [0.2, 0.25) is 0 Å². The lowest BCUT2D eigenvalue weighted by Crippen LogP contribution is -2.33. The summed E-state index contributed by atoms with van der Waals surface area (Å²) in [5.74, 6) is -1.18. The van der Waals surface area contributed by atoms with Gasteiger partial charge in [-0.15, -0.1) is 0 Å². The number of carboxylic acids is 1. The number of hydrogen-bond acceptors (Lipinski definition) is 2. The van der Waals surface area contributed by atoms with E-state index in [2.05, 4.69) is 0 Å². The van der Waals surface area contributed by atoms with Crippen molar-refractivity contribution in [3.63, 3.8) is 0 Å². The van der Waals surface area contributed by atoms with Crippen LogP contribution in [0.5, 0.6) is 0 Å². The van der Waals surface area contributed by atoms with Crippen LogP contribution >= 0.6 is 0 Å². The van der Waals surface area contributed by atoms with E-state index in [1.807, 2.05) is 42.5 Å². The van der Waals surface area contributed by atoms with E-state index in [0.29, 0.717) is 13.0 Å². The molecule has 1 fully saturated rings. The van der Waals surface area contributed by atoms with Crippen molar-refractivity contribution in [2.24, 2.45) is 5.92 Å². The molecule has 0 bridgehead atoms. The van der Waals surface area contributed by atoms with E-state index >= 15 is 0 Å². The van der Waals surface area contributed by atoms with Gasteiger partial charge in [0.15, 0.2) is 0 Å². The molecule has 0 saturated carbocycles. The van der Waals surface area contributed by atoms with Gasteiger partial charge < -0.3 is 9.84 Å². The molecule has 2 atom stereocenters. The van der Waals surface area contributed by atoms with Gasteiger partial charge in [0.05, 0.1) is 12.0 Å². The van der Waals surface area contributed by atoms with E-state index in [0.717, 1.165) is 12.0 Å². The smallest absolute Gasteiger partial charge is 0.309 e. The minimum Gasteiger partial charge on any atom is -0.481 e. The minimum atomic E-state index is -0.771. The van der Waals surface area contributed by atoms with Gasteiger partial charge in [-0.05, 0) is 18.4 Å². The summed E-state index contributed by atoms with van der Waals surface area (Å²) in [6, 6.07) is 9.82. The zero-order chi connectivity index (χ0) is 12.1. The Labute approximate surface area is 101 Å². The average molecular weight is 232 g/mol. The quantitative estimate of drug-likeness (QED) is 0.871. The number of aliphatic carboxylic acids is 1. The van der Waals surface area contributed by atoms with E-state index in [-0.39, 0.29) is 6.10 Å². The van der Waals surface area contributed by atoms with E-state index < -0.39 is 11.9 Å². The van der Waals surface area contributed by atoms with Crippen molar-refractivity contribution in [1.29, 1.82) is 0 Å². The maximum atomic E-state index is 11.1. The summed E-state index contributed by atoms with van der Waals surface area (Å²) in [4.78, 5) is 11.1. The highest BCUT2D eigenvalue weighted by Gasteiger charge is 2.29. The molecule has 1 aromatic rings. The van der Waals surface area contributed by atoms with Crippen LogP contribution in [-0.4, -0.2) is 23.8 Å². The zero-order valence-corrected chi connectivity index (χ0v) is 9.58. The zero-order valence-electron chi connectivity index (χ0n) is 9.58. The van der Waals surface area contributed by atoms with Gasteiger partial charge in [-0.2, -0.15) is 0 Å². The summed E-state index contributed by atoms with van der Waals surface area (Å²) in [6.07, 6.45) is 4.99. The molecule has 0 aromatic heterocycles. The molecule has 1 heterocycles. The fourth-order valence-corrected chi connectivity index (χ4v) is 2.03. The van der Waals surface area contributed by atoms with E-state index in [1.165, 1.54) is 0 Å². The Morgan fingerprint density at radius 2 is 2.12 bits per heavy atom. The van der Waals surface area contributed by atoms with Gasteiger partial charge in [0.25, 0.3) is 0 Å². The largest absolute Gasteiger partial charge is 0.481 e. The Balaban J connectivity index is 2.06. The molecule has 3 nitrogen and oxygen atoms in total. The second-order valence-corrected chi connectivity index (χ2v) is 4.19. The molecule has 1 saturated heterocycles. The van der Waals surface area contributed by atoms with Crippen LogP contribution in [0.3, 0.4) is 0 Å². The summed E-state index contributed by atoms with van der Waals surface area (Å²) < 4.78 is 5.51. The van der Waals surface area contributed by atoms with Gasteiger partial charge in [0.2, 0.25) is 0 Å². The average Bonchev–Trinajstić information content (AvgIpc) is 2.38. The SMILES string of the molecule is O=C(O)[C@@H]1CCCO[C@H]1C=Cc1ccccc1. The van der Waals surface area contributed by atoms with Crippen molar-refractivity contribution >= 4 is 12.0 Å². The predicted molar refractivity (Wildman–Crippen MR) is 65.6 cm³/mol. The third kappa shape index (κ3) is 3.17. The van der Waals surface area contributed by atoms with Crippen LogP contribution in [0.4, 0.5) is 0 Å². The molecule has 2 rings (SSSR count). The van der Waals surface area contributed by atoms with E-state index in [4.69, 9.17) is 9.84 Å². The standard InChI is InChI=1S/C14H16O3/c15-14(16)12-7-4-10-17-13(12)9-8-11-5-2-1-3-6-11/h1-3,5-6,8-9,12-13H,4,7,10H2,(H,15,16)/t12-,13+/m1/s1. The number of rotatable bonds is 3. The van der Waals surface area contributed by atoms with Crippen molar-refractivity contribution in [2.75, 3.05) is 6.61 Å². The monoisotopic (exact) mass is 232 g/mol. The number of hydrogen-bond donors (Lipinski definition) is 1. The summed E-state index contributed by atoms with van der Waals surface area (Å²) in [6.45, 7) is 0.646. The maximum absolute atomic E-state index is 11.1. The van der Waals surface area contributed by atoms with Crippen molar-refractivity contribution in [1.82, 2.24) is 0 Å². The summed E-state index contributed by atoms with van der Waals surface area (Å²) >= 11 is 0. The molecule has 1 aromatic carbocycles. The molecule has 0 spiro atoms. The van der Waals surface area contributed by atoms with Gasteiger partial charge in [-0.3, -0.25) is 4.79 Å². The van der Waals surface area contributed by atoms with Crippen LogP contribution in [0.15, 0.2) is 36.4 Å². The van der Waals surface area contributed by atoms with Crippen molar-refractivity contribution in [2.45, 2.75) is 18.9 Å². The van der Waals surface area contributed by atoms with E-state index in [1.54, 1.807) is 0 Å². The fraction of sp³-hybridized carbons (Fsp3) is 0.357. The number of benzene rings is 1. The Morgan fingerprint density at radius 3 is 2.82 bits per heavy atom. The fourth-order valence-electron chi connectivity index (χ4n) is 2.03. The molecule has 1 N–H and O–H groups in total. The van der Waals surface area contributed by atoms with Crippen LogP contribution in [-0.2, 0) is 9.53 Å². The van der Waals surface area contributed by atoms with E-state index in [9.17, 15) is 4.79 Å². The number of ether oxygens (including phenoxy) is 1. The molecule has 1 aliphatic rings. The highest BCUT2D eigenvalue weighted by atomic mass is 16.5. The molecule has 0 radical (unpaired) electrons. The molecule has 0 amide bonds. The Morgan fingerprint density at radius 1 is 1.35 bits per heavy atom. The van der Waals surface area contributed by atoms with Crippen LogP contribution in [0, 0.1) is 5.92 Å². The normalized spacial score (nSPS) is 24.9. The lowest BCUT2D eigenvalue weighted by Gasteiger charge is -2.26. The second kappa shape index (κ2) is 5.64. The minimum absolute atomic E-state index is 0.304. The van der Waals surface area contributed by atoms with Crippen LogP contribution < -0.4 is 0 Å². The predicted octanol–water partition coefficient (Wildman–Crippen LogP) is 2.58. The molecule has 3 heteroatoms. The first-order valence-electron chi connectivity index (χ1n) is 5.85. The molecular formula is C14H16O3. The van der Waals surface area contributed by atoms with Crippen LogP contribution in [0.25, 0.3) is 6.08 Å². The molecule has 17 heavy (non-hydrogen) atoms. The second-order valence-electron chi connectivity index (χ2n) is 4.19. The number of carboxylic acid groups (broad SMARTS) is 1. The summed E-state index contributed by atoms with van der Waals surface area (Å²) in [7, 11) is 0. The van der Waals surface area contributed by atoms with Crippen LogP contribution in [0.1, 0.15) is 18.4 Å². The Kier molecular flexibility index (Phi) is 3.94. The first kappa shape index (κ1) is 11.9. The van der Waals surface area contributed by atoms with Gasteiger partial charge in [0.1, 0.15) is 0 Å². The molecule has 90 valence electrons. The molecule has 0 unspecified atom stereocenters. The van der Waals surface area contributed by atoms with Gasteiger partial charge in [-0.25, -0.2) is 0 Å². The lowest BCUT2D eigenvalue weighted by atomic mass is 9.94. The first-order chi connectivity index (χ1) is 8.27. The topological polar surface area (TPSA) is 46.5 Å². The molecule has 0 aliphatic carbocycles. The molecule has 1 aliphatic heterocycles. The first-order valence-corrected chi connectivity index (χ1v) is 5.85. The lowest BCUT2D eigenvalue weighted by molar-refractivity contribution is -0.149. The Bertz CT molecular complexity index is 397.